The van der Waals surface area contributed by atoms with E-state index in [2.05, 4.69) is 8.57 Å². The topological polar surface area (TPSA) is 77.1 Å². The molecular weight excluding hydrogens is 260 g/mol. The Hall–Kier alpha value is -1.06. The van der Waals surface area contributed by atoms with Gasteiger partial charge in [-0.2, -0.15) is 8.42 Å². The summed E-state index contributed by atoms with van der Waals surface area (Å²) in [6, 6.07) is 4.74. The molecule has 0 amide bonds. The molecule has 1 aliphatic rings. The normalized spacial score (nSPS) is 18.8. The summed E-state index contributed by atoms with van der Waals surface area (Å²) in [5.74, 6) is 0.261. The summed E-state index contributed by atoms with van der Waals surface area (Å²) in [6.07, 6.45) is 0. The number of ether oxygens (including phenoxy) is 1. The predicted molar refractivity (Wildman–Crippen MR) is 54.7 cm³/mol. The largest absolute Gasteiger partial charge is 0.493 e. The zero-order valence-electron chi connectivity index (χ0n) is 8.01. The Labute approximate surface area is 96.7 Å². The summed E-state index contributed by atoms with van der Waals surface area (Å²) < 4.78 is 35.4. The van der Waals surface area contributed by atoms with Crippen LogP contribution in [-0.4, -0.2) is 15.5 Å². The second-order valence-corrected chi connectivity index (χ2v) is 4.28. The molecular formula is C7H7ClN2O5S. The maximum absolute atomic E-state index is 10.9. The molecule has 88 valence electrons. The van der Waals surface area contributed by atoms with Crippen molar-refractivity contribution in [2.75, 3.05) is 12.3 Å². The molecule has 0 atom stereocenters. The van der Waals surface area contributed by atoms with Gasteiger partial charge in [-0.25, -0.2) is 0 Å². The molecule has 0 spiro atoms. The third-order valence-electron chi connectivity index (χ3n) is 1.76. The number of rotatable bonds is 2. The molecule has 0 radical (unpaired) electrons. The molecule has 0 saturated carbocycles. The third kappa shape index (κ3) is 2.06. The van der Waals surface area contributed by atoms with E-state index >= 15 is 0 Å². The highest BCUT2D eigenvalue weighted by Crippen LogP contribution is 2.35. The fourth-order valence-electron chi connectivity index (χ4n) is 1.15. The molecule has 0 aliphatic carbocycles. The van der Waals surface area contributed by atoms with Crippen molar-refractivity contribution < 1.29 is 21.7 Å². The molecule has 1 saturated heterocycles. The molecule has 0 bridgehead atoms. The standard InChI is InChI=1S/C7H7ClN2O5S/c1-13-7-5(8)3-2-4-6(7)10-9-14-16(11,12)15-10/h2-4,9H,1H3. The number of para-hydroxylation sites is 1. The van der Waals surface area contributed by atoms with Crippen LogP contribution in [0.1, 0.15) is 0 Å². The van der Waals surface area contributed by atoms with Crippen LogP contribution in [0.3, 0.4) is 0 Å². The average molecular weight is 267 g/mol. The van der Waals surface area contributed by atoms with E-state index in [1.165, 1.54) is 7.11 Å². The van der Waals surface area contributed by atoms with E-state index in [0.717, 1.165) is 5.17 Å². The van der Waals surface area contributed by atoms with Gasteiger partial charge < -0.3 is 4.74 Å². The molecule has 1 aliphatic heterocycles. The lowest BCUT2D eigenvalue weighted by Gasteiger charge is -2.15. The highest BCUT2D eigenvalue weighted by atomic mass is 35.5. The van der Waals surface area contributed by atoms with E-state index in [1.54, 1.807) is 18.2 Å². The van der Waals surface area contributed by atoms with Crippen molar-refractivity contribution >= 4 is 27.7 Å². The Kier molecular flexibility index (Phi) is 2.91. The predicted octanol–water partition coefficient (Wildman–Crippen LogP) is 0.781. The fourth-order valence-corrected chi connectivity index (χ4v) is 1.88. The van der Waals surface area contributed by atoms with Crippen molar-refractivity contribution in [3.8, 4) is 5.75 Å². The molecule has 1 N–H and O–H groups in total. The van der Waals surface area contributed by atoms with Gasteiger partial charge in [-0.3, -0.25) is 0 Å². The lowest BCUT2D eigenvalue weighted by Crippen LogP contribution is -2.28. The summed E-state index contributed by atoms with van der Waals surface area (Å²) in [4.78, 5) is 0. The summed E-state index contributed by atoms with van der Waals surface area (Å²) >= 11 is 5.85. The van der Waals surface area contributed by atoms with Gasteiger partial charge in [0, 0.05) is 0 Å². The van der Waals surface area contributed by atoms with Crippen LogP contribution in [0.2, 0.25) is 5.02 Å². The second kappa shape index (κ2) is 4.07. The van der Waals surface area contributed by atoms with Crippen LogP contribution < -0.4 is 15.5 Å². The minimum atomic E-state index is -4.07. The van der Waals surface area contributed by atoms with Crippen molar-refractivity contribution in [3.05, 3.63) is 23.2 Å². The van der Waals surface area contributed by atoms with Crippen LogP contribution in [0.15, 0.2) is 18.2 Å². The molecule has 0 unspecified atom stereocenters. The van der Waals surface area contributed by atoms with Crippen molar-refractivity contribution in [3.63, 3.8) is 0 Å². The van der Waals surface area contributed by atoms with Crippen LogP contribution >= 0.6 is 11.6 Å². The molecule has 7 nitrogen and oxygen atoms in total. The molecule has 9 heteroatoms. The summed E-state index contributed by atoms with van der Waals surface area (Å²) in [5, 5.41) is 1.11. The second-order valence-electron chi connectivity index (χ2n) is 2.74. The number of hydrogen-bond acceptors (Lipinski definition) is 7. The highest BCUT2D eigenvalue weighted by Gasteiger charge is 2.31. The van der Waals surface area contributed by atoms with E-state index in [9.17, 15) is 8.42 Å². The third-order valence-corrected chi connectivity index (χ3v) is 2.67. The van der Waals surface area contributed by atoms with Crippen molar-refractivity contribution in [1.29, 1.82) is 0 Å². The highest BCUT2D eigenvalue weighted by molar-refractivity contribution is 7.82. The molecule has 1 fully saturated rings. The van der Waals surface area contributed by atoms with Crippen LogP contribution in [0.25, 0.3) is 0 Å². The number of benzene rings is 1. The average Bonchev–Trinajstić information content (AvgIpc) is 2.58. The Morgan fingerprint density at radius 1 is 1.50 bits per heavy atom. The van der Waals surface area contributed by atoms with Crippen LogP contribution in [-0.2, 0) is 19.0 Å². The first-order chi connectivity index (χ1) is 7.53. The van der Waals surface area contributed by atoms with Gasteiger partial charge >= 0.3 is 10.4 Å². The smallest absolute Gasteiger partial charge is 0.440 e. The molecule has 2 rings (SSSR count). The van der Waals surface area contributed by atoms with E-state index in [4.69, 9.17) is 16.3 Å². The Balaban J connectivity index is 2.38. The minimum absolute atomic E-state index is 0.261. The minimum Gasteiger partial charge on any atom is -0.493 e. The number of hydrogen-bond donors (Lipinski definition) is 1. The van der Waals surface area contributed by atoms with Crippen molar-refractivity contribution in [2.45, 2.75) is 0 Å². The first-order valence-corrected chi connectivity index (χ1v) is 5.76. The van der Waals surface area contributed by atoms with Crippen molar-refractivity contribution in [2.24, 2.45) is 0 Å². The molecule has 16 heavy (non-hydrogen) atoms. The Morgan fingerprint density at radius 3 is 2.81 bits per heavy atom. The molecule has 1 aromatic carbocycles. The number of halogens is 1. The van der Waals surface area contributed by atoms with Crippen molar-refractivity contribution in [1.82, 2.24) is 5.59 Å². The Bertz CT molecular complexity index is 505. The zero-order valence-corrected chi connectivity index (χ0v) is 9.58. The SMILES string of the molecule is COc1c(Cl)cccc1N1NOS(=O)(=O)O1. The summed E-state index contributed by atoms with van der Waals surface area (Å²) in [5.41, 5.74) is 2.32. The van der Waals surface area contributed by atoms with Gasteiger partial charge in [-0.15, -0.1) is 13.7 Å². The zero-order chi connectivity index (χ0) is 11.8. The van der Waals surface area contributed by atoms with Gasteiger partial charge in [0.1, 0.15) is 5.69 Å². The van der Waals surface area contributed by atoms with E-state index in [0.29, 0.717) is 5.02 Å². The number of nitrogens with zero attached hydrogens (tertiary/aromatic N) is 1. The summed E-state index contributed by atoms with van der Waals surface area (Å²) in [6.45, 7) is 0. The fraction of sp³-hybridized carbons (Fsp3) is 0.143. The maximum Gasteiger partial charge on any atom is 0.440 e. The number of anilines is 1. The molecule has 1 aromatic rings. The van der Waals surface area contributed by atoms with E-state index in [-0.39, 0.29) is 11.4 Å². The molecule has 1 heterocycles. The number of hydrazine groups is 1. The lowest BCUT2D eigenvalue weighted by molar-refractivity contribution is 0.196. The van der Waals surface area contributed by atoms with Gasteiger partial charge in [0.2, 0.25) is 0 Å². The first kappa shape index (κ1) is 11.4. The summed E-state index contributed by atoms with van der Waals surface area (Å²) in [7, 11) is -2.67. The van der Waals surface area contributed by atoms with Crippen LogP contribution in [0.5, 0.6) is 5.75 Å². The quantitative estimate of drug-likeness (QED) is 0.847. The first-order valence-electron chi connectivity index (χ1n) is 4.05. The van der Waals surface area contributed by atoms with Gasteiger partial charge in [-0.05, 0) is 12.1 Å². The maximum atomic E-state index is 10.9. The lowest BCUT2D eigenvalue weighted by atomic mass is 10.3. The van der Waals surface area contributed by atoms with Crippen LogP contribution in [0.4, 0.5) is 5.69 Å². The molecule has 0 aromatic heterocycles. The van der Waals surface area contributed by atoms with E-state index < -0.39 is 10.4 Å². The number of nitrogens with one attached hydrogen (secondary N) is 1. The monoisotopic (exact) mass is 266 g/mol. The van der Waals surface area contributed by atoms with Gasteiger partial charge in [-0.1, -0.05) is 23.3 Å². The van der Waals surface area contributed by atoms with Crippen LogP contribution in [0, 0.1) is 0 Å². The van der Waals surface area contributed by atoms with Gasteiger partial charge in [0.05, 0.1) is 12.1 Å². The number of methoxy groups -OCH3 is 1. The van der Waals surface area contributed by atoms with Gasteiger partial charge in [0.15, 0.2) is 5.75 Å². The van der Waals surface area contributed by atoms with Gasteiger partial charge in [0.25, 0.3) is 0 Å². The Morgan fingerprint density at radius 2 is 2.25 bits per heavy atom. The van der Waals surface area contributed by atoms with E-state index in [1.807, 2.05) is 5.59 Å².